The SMILES string of the molecule is C=CCC(N)c1ccnnc1. The van der Waals surface area contributed by atoms with Gasteiger partial charge in [-0.15, -0.1) is 6.58 Å². The number of nitrogens with two attached hydrogens (primary N) is 1. The molecule has 0 spiro atoms. The van der Waals surface area contributed by atoms with E-state index in [1.807, 2.05) is 6.07 Å². The smallest absolute Gasteiger partial charge is 0.0544 e. The average Bonchev–Trinajstić information content (AvgIpc) is 2.07. The first kappa shape index (κ1) is 7.88. The van der Waals surface area contributed by atoms with E-state index in [4.69, 9.17) is 5.73 Å². The molecule has 0 radical (unpaired) electrons. The lowest BCUT2D eigenvalue weighted by Crippen LogP contribution is -2.09. The van der Waals surface area contributed by atoms with Crippen molar-refractivity contribution in [3.05, 3.63) is 36.7 Å². The molecule has 0 bridgehead atoms. The van der Waals surface area contributed by atoms with Crippen LogP contribution in [-0.2, 0) is 0 Å². The number of nitrogens with zero attached hydrogens (tertiary/aromatic N) is 2. The minimum absolute atomic E-state index is 0.00278. The maximum absolute atomic E-state index is 5.77. The van der Waals surface area contributed by atoms with Gasteiger partial charge >= 0.3 is 0 Å². The van der Waals surface area contributed by atoms with Crippen molar-refractivity contribution < 1.29 is 0 Å². The normalized spacial score (nSPS) is 12.5. The molecular weight excluding hydrogens is 138 g/mol. The van der Waals surface area contributed by atoms with Gasteiger partial charge in [0.15, 0.2) is 0 Å². The molecule has 1 rings (SSSR count). The Morgan fingerprint density at radius 2 is 2.45 bits per heavy atom. The van der Waals surface area contributed by atoms with Crippen molar-refractivity contribution in [2.45, 2.75) is 12.5 Å². The van der Waals surface area contributed by atoms with Crippen molar-refractivity contribution >= 4 is 0 Å². The van der Waals surface area contributed by atoms with Crippen LogP contribution in [0.15, 0.2) is 31.1 Å². The highest BCUT2D eigenvalue weighted by molar-refractivity contribution is 5.11. The molecule has 1 aromatic heterocycles. The lowest BCUT2D eigenvalue weighted by atomic mass is 10.1. The Labute approximate surface area is 65.9 Å². The Balaban J connectivity index is 2.68. The Morgan fingerprint density at radius 1 is 1.64 bits per heavy atom. The topological polar surface area (TPSA) is 51.8 Å². The summed E-state index contributed by atoms with van der Waals surface area (Å²) in [5, 5.41) is 7.38. The zero-order valence-electron chi connectivity index (χ0n) is 6.27. The third kappa shape index (κ3) is 2.13. The standard InChI is InChI=1S/C8H11N3/c1-2-3-8(9)7-4-5-10-11-6-7/h2,4-6,8H,1,3,9H2. The highest BCUT2D eigenvalue weighted by Crippen LogP contribution is 2.10. The number of rotatable bonds is 3. The summed E-state index contributed by atoms with van der Waals surface area (Å²) in [6.07, 6.45) is 5.88. The predicted molar refractivity (Wildman–Crippen MR) is 43.8 cm³/mol. The van der Waals surface area contributed by atoms with Gasteiger partial charge in [0.1, 0.15) is 0 Å². The van der Waals surface area contributed by atoms with Crippen LogP contribution in [0.5, 0.6) is 0 Å². The highest BCUT2D eigenvalue weighted by atomic mass is 15.1. The van der Waals surface area contributed by atoms with Crippen LogP contribution in [0.1, 0.15) is 18.0 Å². The van der Waals surface area contributed by atoms with Gasteiger partial charge in [-0.05, 0) is 18.1 Å². The molecule has 0 aromatic carbocycles. The molecule has 0 aliphatic heterocycles. The molecule has 0 fully saturated rings. The van der Waals surface area contributed by atoms with Gasteiger partial charge in [0.25, 0.3) is 0 Å². The van der Waals surface area contributed by atoms with Gasteiger partial charge in [-0.3, -0.25) is 0 Å². The second-order valence-corrected chi connectivity index (χ2v) is 2.31. The van der Waals surface area contributed by atoms with Crippen molar-refractivity contribution in [1.29, 1.82) is 0 Å². The molecule has 2 N–H and O–H groups in total. The Morgan fingerprint density at radius 3 is 3.00 bits per heavy atom. The van der Waals surface area contributed by atoms with E-state index in [0.717, 1.165) is 12.0 Å². The lowest BCUT2D eigenvalue weighted by molar-refractivity contribution is 0.731. The first-order valence-corrected chi connectivity index (χ1v) is 3.47. The summed E-state index contributed by atoms with van der Waals surface area (Å²) in [6.45, 7) is 3.61. The molecule has 58 valence electrons. The number of hydrogen-bond acceptors (Lipinski definition) is 3. The van der Waals surface area contributed by atoms with E-state index >= 15 is 0 Å². The van der Waals surface area contributed by atoms with Gasteiger partial charge in [-0.25, -0.2) is 0 Å². The fourth-order valence-electron chi connectivity index (χ4n) is 0.836. The largest absolute Gasteiger partial charge is 0.324 e. The molecule has 3 nitrogen and oxygen atoms in total. The van der Waals surface area contributed by atoms with Crippen molar-refractivity contribution in [3.63, 3.8) is 0 Å². The van der Waals surface area contributed by atoms with Crippen LogP contribution < -0.4 is 5.73 Å². The molecule has 0 saturated heterocycles. The second-order valence-electron chi connectivity index (χ2n) is 2.31. The summed E-state index contributed by atoms with van der Waals surface area (Å²) in [4.78, 5) is 0. The zero-order valence-corrected chi connectivity index (χ0v) is 6.27. The Hall–Kier alpha value is -1.22. The summed E-state index contributed by atoms with van der Waals surface area (Å²) < 4.78 is 0. The molecular formula is C8H11N3. The average molecular weight is 149 g/mol. The molecule has 11 heavy (non-hydrogen) atoms. The van der Waals surface area contributed by atoms with Crippen molar-refractivity contribution in [1.82, 2.24) is 10.2 Å². The first-order valence-electron chi connectivity index (χ1n) is 3.47. The number of aromatic nitrogens is 2. The summed E-state index contributed by atoms with van der Waals surface area (Å²) in [6, 6.07) is 1.87. The summed E-state index contributed by atoms with van der Waals surface area (Å²) in [5.41, 5.74) is 6.77. The van der Waals surface area contributed by atoms with E-state index in [1.54, 1.807) is 18.5 Å². The molecule has 1 atom stereocenters. The lowest BCUT2D eigenvalue weighted by Gasteiger charge is -2.06. The highest BCUT2D eigenvalue weighted by Gasteiger charge is 2.01. The molecule has 0 saturated carbocycles. The van der Waals surface area contributed by atoms with Gasteiger partial charge in [0.05, 0.1) is 6.20 Å². The van der Waals surface area contributed by atoms with Gasteiger partial charge in [0.2, 0.25) is 0 Å². The molecule has 0 aliphatic carbocycles. The molecule has 1 heterocycles. The zero-order chi connectivity index (χ0) is 8.10. The molecule has 0 amide bonds. The van der Waals surface area contributed by atoms with Gasteiger partial charge in [-0.1, -0.05) is 6.08 Å². The van der Waals surface area contributed by atoms with E-state index in [0.29, 0.717) is 0 Å². The van der Waals surface area contributed by atoms with Crippen LogP contribution in [-0.4, -0.2) is 10.2 Å². The fraction of sp³-hybridized carbons (Fsp3) is 0.250. The maximum Gasteiger partial charge on any atom is 0.0544 e. The van der Waals surface area contributed by atoms with E-state index in [2.05, 4.69) is 16.8 Å². The summed E-state index contributed by atoms with van der Waals surface area (Å²) >= 11 is 0. The van der Waals surface area contributed by atoms with Crippen LogP contribution in [0, 0.1) is 0 Å². The third-order valence-corrected chi connectivity index (χ3v) is 1.46. The van der Waals surface area contributed by atoms with E-state index in [1.165, 1.54) is 0 Å². The Kier molecular flexibility index (Phi) is 2.74. The van der Waals surface area contributed by atoms with Crippen LogP contribution >= 0.6 is 0 Å². The van der Waals surface area contributed by atoms with Gasteiger partial charge < -0.3 is 5.73 Å². The van der Waals surface area contributed by atoms with Crippen molar-refractivity contribution in [3.8, 4) is 0 Å². The fourth-order valence-corrected chi connectivity index (χ4v) is 0.836. The van der Waals surface area contributed by atoms with E-state index in [9.17, 15) is 0 Å². The molecule has 0 aliphatic rings. The van der Waals surface area contributed by atoms with Gasteiger partial charge in [0, 0.05) is 12.2 Å². The monoisotopic (exact) mass is 149 g/mol. The second kappa shape index (κ2) is 3.83. The van der Waals surface area contributed by atoms with Crippen LogP contribution in [0.4, 0.5) is 0 Å². The Bertz CT molecular complexity index is 220. The number of hydrogen-bond donors (Lipinski definition) is 1. The molecule has 3 heteroatoms. The minimum atomic E-state index is 0.00278. The van der Waals surface area contributed by atoms with Crippen LogP contribution in [0.25, 0.3) is 0 Å². The summed E-state index contributed by atoms with van der Waals surface area (Å²) in [7, 11) is 0. The first-order chi connectivity index (χ1) is 5.34. The van der Waals surface area contributed by atoms with E-state index < -0.39 is 0 Å². The molecule has 1 unspecified atom stereocenters. The maximum atomic E-state index is 5.77. The van der Waals surface area contributed by atoms with Crippen molar-refractivity contribution in [2.75, 3.05) is 0 Å². The van der Waals surface area contributed by atoms with Gasteiger partial charge in [-0.2, -0.15) is 10.2 Å². The third-order valence-electron chi connectivity index (χ3n) is 1.46. The van der Waals surface area contributed by atoms with E-state index in [-0.39, 0.29) is 6.04 Å². The van der Waals surface area contributed by atoms with Crippen LogP contribution in [0.2, 0.25) is 0 Å². The minimum Gasteiger partial charge on any atom is -0.324 e. The quantitative estimate of drug-likeness (QED) is 0.653. The van der Waals surface area contributed by atoms with Crippen molar-refractivity contribution in [2.24, 2.45) is 5.73 Å². The summed E-state index contributed by atoms with van der Waals surface area (Å²) in [5.74, 6) is 0. The predicted octanol–water partition coefficient (Wildman–Crippen LogP) is 1.05. The van der Waals surface area contributed by atoms with Crippen LogP contribution in [0.3, 0.4) is 0 Å². The molecule has 1 aromatic rings.